The molecule has 0 aliphatic carbocycles. The Bertz CT molecular complexity index is 674. The highest BCUT2D eigenvalue weighted by molar-refractivity contribution is 14.1. The molecule has 1 aromatic carbocycles. The summed E-state index contributed by atoms with van der Waals surface area (Å²) in [5.41, 5.74) is 1.39. The topological polar surface area (TPSA) is 71.1 Å². The van der Waals surface area contributed by atoms with Crippen molar-refractivity contribution in [1.29, 1.82) is 0 Å². The number of rotatable bonds is 5. The fourth-order valence-corrected chi connectivity index (χ4v) is 2.33. The maximum atomic E-state index is 12.2. The normalized spacial score (nSPS) is 10.1. The predicted octanol–water partition coefficient (Wildman–Crippen LogP) is 3.08. The number of nitrogens with one attached hydrogen (secondary N) is 2. The van der Waals surface area contributed by atoms with Gasteiger partial charge in [0.05, 0.1) is 16.8 Å². The molecule has 0 unspecified atom stereocenters. The molecule has 1 aromatic heterocycles. The fraction of sp³-hybridized carbons (Fsp3) is 0.188. The SMILES string of the molecule is CCCNC(=O)c1cc(I)ccc1NC(=O)c1cccnc1. The Morgan fingerprint density at radius 2 is 2.05 bits per heavy atom. The molecule has 2 rings (SSSR count). The first kappa shape index (κ1) is 16.4. The number of amides is 2. The smallest absolute Gasteiger partial charge is 0.257 e. The molecule has 0 saturated carbocycles. The third kappa shape index (κ3) is 4.27. The average molecular weight is 409 g/mol. The predicted molar refractivity (Wildman–Crippen MR) is 94.0 cm³/mol. The van der Waals surface area contributed by atoms with Crippen molar-refractivity contribution in [1.82, 2.24) is 10.3 Å². The van der Waals surface area contributed by atoms with E-state index in [0.717, 1.165) is 9.99 Å². The van der Waals surface area contributed by atoms with E-state index in [1.807, 2.05) is 13.0 Å². The summed E-state index contributed by atoms with van der Waals surface area (Å²) >= 11 is 2.14. The summed E-state index contributed by atoms with van der Waals surface area (Å²) < 4.78 is 0.929. The second kappa shape index (κ2) is 7.88. The number of hydrogen-bond acceptors (Lipinski definition) is 3. The van der Waals surface area contributed by atoms with Crippen LogP contribution in [0.25, 0.3) is 0 Å². The lowest BCUT2D eigenvalue weighted by Crippen LogP contribution is -2.26. The van der Waals surface area contributed by atoms with E-state index in [0.29, 0.717) is 23.4 Å². The van der Waals surface area contributed by atoms with Crippen LogP contribution in [0.15, 0.2) is 42.7 Å². The molecule has 114 valence electrons. The summed E-state index contributed by atoms with van der Waals surface area (Å²) in [6, 6.07) is 8.70. The summed E-state index contributed by atoms with van der Waals surface area (Å²) in [7, 11) is 0. The number of aromatic nitrogens is 1. The molecule has 5 nitrogen and oxygen atoms in total. The van der Waals surface area contributed by atoms with Crippen molar-refractivity contribution in [2.45, 2.75) is 13.3 Å². The second-order valence-electron chi connectivity index (χ2n) is 4.64. The summed E-state index contributed by atoms with van der Waals surface area (Å²) in [6.45, 7) is 2.58. The van der Waals surface area contributed by atoms with Crippen LogP contribution in [0.1, 0.15) is 34.1 Å². The number of anilines is 1. The third-order valence-corrected chi connectivity index (χ3v) is 3.60. The van der Waals surface area contributed by atoms with Crippen LogP contribution in [-0.4, -0.2) is 23.3 Å². The van der Waals surface area contributed by atoms with Gasteiger partial charge in [-0.25, -0.2) is 0 Å². The van der Waals surface area contributed by atoms with Crippen molar-refractivity contribution in [2.24, 2.45) is 0 Å². The molecule has 2 N–H and O–H groups in total. The average Bonchev–Trinajstić information content (AvgIpc) is 2.55. The van der Waals surface area contributed by atoms with Crippen molar-refractivity contribution in [2.75, 3.05) is 11.9 Å². The van der Waals surface area contributed by atoms with Crippen molar-refractivity contribution in [3.8, 4) is 0 Å². The summed E-state index contributed by atoms with van der Waals surface area (Å²) in [4.78, 5) is 28.3. The van der Waals surface area contributed by atoms with Gasteiger partial charge >= 0.3 is 0 Å². The molecule has 0 fully saturated rings. The number of carbonyl (C=O) groups excluding carboxylic acids is 2. The quantitative estimate of drug-likeness (QED) is 0.746. The maximum absolute atomic E-state index is 12.2. The number of hydrogen-bond donors (Lipinski definition) is 2. The van der Waals surface area contributed by atoms with Gasteiger partial charge in [-0.1, -0.05) is 6.92 Å². The van der Waals surface area contributed by atoms with Gasteiger partial charge in [-0.2, -0.15) is 0 Å². The highest BCUT2D eigenvalue weighted by Gasteiger charge is 2.14. The van der Waals surface area contributed by atoms with Gasteiger partial charge in [0, 0.05) is 22.5 Å². The highest BCUT2D eigenvalue weighted by atomic mass is 127. The lowest BCUT2D eigenvalue weighted by Gasteiger charge is -2.12. The van der Waals surface area contributed by atoms with E-state index in [2.05, 4.69) is 38.2 Å². The molecule has 2 aromatic rings. The first-order chi connectivity index (χ1) is 10.6. The van der Waals surface area contributed by atoms with Crippen molar-refractivity contribution < 1.29 is 9.59 Å². The van der Waals surface area contributed by atoms with Crippen molar-refractivity contribution in [3.05, 3.63) is 57.4 Å². The van der Waals surface area contributed by atoms with Crippen LogP contribution >= 0.6 is 22.6 Å². The van der Waals surface area contributed by atoms with E-state index in [4.69, 9.17) is 0 Å². The van der Waals surface area contributed by atoms with Crippen LogP contribution in [0.4, 0.5) is 5.69 Å². The number of nitrogens with zero attached hydrogens (tertiary/aromatic N) is 1. The molecule has 0 atom stereocenters. The van der Waals surface area contributed by atoms with Crippen LogP contribution in [0.3, 0.4) is 0 Å². The molecule has 0 bridgehead atoms. The standard InChI is InChI=1S/C16H16IN3O2/c1-2-7-19-16(22)13-9-12(17)5-6-14(13)20-15(21)11-4-3-8-18-10-11/h3-6,8-10H,2,7H2,1H3,(H,19,22)(H,20,21). The van der Waals surface area contributed by atoms with Crippen LogP contribution in [0.2, 0.25) is 0 Å². The lowest BCUT2D eigenvalue weighted by atomic mass is 10.1. The third-order valence-electron chi connectivity index (χ3n) is 2.93. The first-order valence-corrected chi connectivity index (χ1v) is 7.99. The molecule has 22 heavy (non-hydrogen) atoms. The van der Waals surface area contributed by atoms with Gasteiger partial charge in [0.15, 0.2) is 0 Å². The van der Waals surface area contributed by atoms with Crippen LogP contribution in [0.5, 0.6) is 0 Å². The van der Waals surface area contributed by atoms with E-state index in [-0.39, 0.29) is 11.8 Å². The van der Waals surface area contributed by atoms with Crippen molar-refractivity contribution >= 4 is 40.1 Å². The van der Waals surface area contributed by atoms with E-state index in [1.165, 1.54) is 6.20 Å². The van der Waals surface area contributed by atoms with Gasteiger partial charge < -0.3 is 10.6 Å². The molecular formula is C16H16IN3O2. The summed E-state index contributed by atoms with van der Waals surface area (Å²) in [5, 5.41) is 5.59. The largest absolute Gasteiger partial charge is 0.352 e. The van der Waals surface area contributed by atoms with Gasteiger partial charge in [-0.3, -0.25) is 14.6 Å². The zero-order chi connectivity index (χ0) is 15.9. The molecule has 0 aliphatic heterocycles. The first-order valence-electron chi connectivity index (χ1n) is 6.91. The number of pyridine rings is 1. The molecule has 0 radical (unpaired) electrons. The van der Waals surface area contributed by atoms with Crippen LogP contribution in [0, 0.1) is 3.57 Å². The molecule has 0 saturated heterocycles. The van der Waals surface area contributed by atoms with Crippen molar-refractivity contribution in [3.63, 3.8) is 0 Å². The number of benzene rings is 1. The summed E-state index contributed by atoms with van der Waals surface area (Å²) in [6.07, 6.45) is 3.94. The fourth-order valence-electron chi connectivity index (χ4n) is 1.84. The molecule has 1 heterocycles. The Morgan fingerprint density at radius 1 is 1.23 bits per heavy atom. The van der Waals surface area contributed by atoms with E-state index in [1.54, 1.807) is 30.5 Å². The zero-order valence-corrected chi connectivity index (χ0v) is 14.3. The van der Waals surface area contributed by atoms with E-state index < -0.39 is 0 Å². The number of carbonyl (C=O) groups is 2. The minimum absolute atomic E-state index is 0.193. The Labute approximate surface area is 142 Å². The Balaban J connectivity index is 2.23. The summed E-state index contributed by atoms with van der Waals surface area (Å²) in [5.74, 6) is -0.485. The zero-order valence-electron chi connectivity index (χ0n) is 12.1. The molecule has 6 heteroatoms. The maximum Gasteiger partial charge on any atom is 0.257 e. The van der Waals surface area contributed by atoms with Gasteiger partial charge in [0.1, 0.15) is 0 Å². The van der Waals surface area contributed by atoms with Gasteiger partial charge in [0.25, 0.3) is 11.8 Å². The minimum atomic E-state index is -0.293. The molecule has 2 amide bonds. The monoisotopic (exact) mass is 409 g/mol. The Hall–Kier alpha value is -1.96. The van der Waals surface area contributed by atoms with Crippen LogP contribution in [-0.2, 0) is 0 Å². The van der Waals surface area contributed by atoms with E-state index >= 15 is 0 Å². The number of halogens is 1. The minimum Gasteiger partial charge on any atom is -0.352 e. The Kier molecular flexibility index (Phi) is 5.88. The Morgan fingerprint density at radius 3 is 2.73 bits per heavy atom. The molecular weight excluding hydrogens is 393 g/mol. The second-order valence-corrected chi connectivity index (χ2v) is 5.89. The molecule has 0 aliphatic rings. The molecule has 0 spiro atoms. The van der Waals surface area contributed by atoms with E-state index in [9.17, 15) is 9.59 Å². The van der Waals surface area contributed by atoms with Gasteiger partial charge in [0.2, 0.25) is 0 Å². The highest BCUT2D eigenvalue weighted by Crippen LogP contribution is 2.20. The van der Waals surface area contributed by atoms with Gasteiger partial charge in [-0.05, 0) is 59.3 Å². The van der Waals surface area contributed by atoms with Crippen LogP contribution < -0.4 is 10.6 Å². The lowest BCUT2D eigenvalue weighted by molar-refractivity contribution is 0.0954. The van der Waals surface area contributed by atoms with Gasteiger partial charge in [-0.15, -0.1) is 0 Å².